The number of carbonyl (C=O) groups is 1. The van der Waals surface area contributed by atoms with E-state index in [1.165, 1.54) is 0 Å². The Morgan fingerprint density at radius 3 is 2.69 bits per heavy atom. The Morgan fingerprint density at radius 2 is 1.94 bits per heavy atom. The first-order valence-corrected chi connectivity index (χ1v) is 10.1. The number of ether oxygens (including phenoxy) is 3. The third-order valence-corrected chi connectivity index (χ3v) is 4.85. The van der Waals surface area contributed by atoms with Crippen LogP contribution in [0.4, 0.5) is 5.69 Å². The highest BCUT2D eigenvalue weighted by molar-refractivity contribution is 5.92. The molecule has 3 aromatic heterocycles. The number of nitrogens with one attached hydrogen (secondary N) is 1. The number of rotatable bonds is 8. The molecule has 1 amide bonds. The number of amides is 1. The van der Waals surface area contributed by atoms with Crippen molar-refractivity contribution in [2.75, 3.05) is 19.5 Å². The number of fused-ring (bicyclic) bond motifs is 1. The number of methoxy groups -OCH3 is 2. The summed E-state index contributed by atoms with van der Waals surface area (Å²) in [6.45, 7) is 2.72. The van der Waals surface area contributed by atoms with Crippen molar-refractivity contribution in [3.8, 4) is 23.1 Å². The van der Waals surface area contributed by atoms with E-state index < -0.39 is 0 Å². The summed E-state index contributed by atoms with van der Waals surface area (Å²) in [6, 6.07) is 8.87. The lowest BCUT2D eigenvalue weighted by Gasteiger charge is -2.13. The standard InChI is InChI=1S/C23H23N5O4/c1-4-28-14-16(12-26-28)27-22(29)9-15-5-6-17(10-21(15)30-2)32-20-7-8-24-19-11-23(31-3)25-13-18(19)20/h5-8,10-14H,4,9H2,1-3H3,(H,27,29). The molecule has 0 aliphatic heterocycles. The van der Waals surface area contributed by atoms with E-state index in [2.05, 4.69) is 20.4 Å². The number of benzene rings is 1. The third-order valence-electron chi connectivity index (χ3n) is 4.85. The average Bonchev–Trinajstić information content (AvgIpc) is 3.27. The number of nitrogens with zero attached hydrogens (tertiary/aromatic N) is 4. The minimum Gasteiger partial charge on any atom is -0.496 e. The summed E-state index contributed by atoms with van der Waals surface area (Å²) in [5.41, 5.74) is 2.11. The van der Waals surface area contributed by atoms with E-state index in [0.29, 0.717) is 34.3 Å². The van der Waals surface area contributed by atoms with Gasteiger partial charge >= 0.3 is 0 Å². The summed E-state index contributed by atoms with van der Waals surface area (Å²) < 4.78 is 18.5. The first kappa shape index (κ1) is 21.1. The van der Waals surface area contributed by atoms with Gasteiger partial charge in [0, 0.05) is 42.8 Å². The van der Waals surface area contributed by atoms with Gasteiger partial charge in [0.15, 0.2) is 0 Å². The van der Waals surface area contributed by atoms with Crippen molar-refractivity contribution in [3.05, 3.63) is 60.7 Å². The van der Waals surface area contributed by atoms with Gasteiger partial charge in [0.05, 0.1) is 43.4 Å². The van der Waals surface area contributed by atoms with Gasteiger partial charge in [-0.2, -0.15) is 5.10 Å². The fourth-order valence-electron chi connectivity index (χ4n) is 3.24. The SMILES string of the molecule is CCn1cc(NC(=O)Cc2ccc(Oc3ccnc4cc(OC)ncc34)cc2OC)cn1. The number of aromatic nitrogens is 4. The van der Waals surface area contributed by atoms with E-state index in [4.69, 9.17) is 14.2 Å². The Bertz CT molecular complexity index is 1250. The van der Waals surface area contributed by atoms with Gasteiger partial charge < -0.3 is 19.5 Å². The number of carbonyl (C=O) groups excluding carboxylic acids is 1. The predicted octanol–water partition coefficient (Wildman–Crippen LogP) is 3.84. The topological polar surface area (TPSA) is 100 Å². The summed E-state index contributed by atoms with van der Waals surface area (Å²) in [6.07, 6.45) is 6.89. The lowest BCUT2D eigenvalue weighted by atomic mass is 10.1. The maximum Gasteiger partial charge on any atom is 0.229 e. The van der Waals surface area contributed by atoms with E-state index in [1.807, 2.05) is 13.0 Å². The molecule has 0 saturated heterocycles. The molecule has 0 spiro atoms. The molecule has 9 heteroatoms. The lowest BCUT2D eigenvalue weighted by Crippen LogP contribution is -2.14. The lowest BCUT2D eigenvalue weighted by molar-refractivity contribution is -0.115. The molecule has 164 valence electrons. The van der Waals surface area contributed by atoms with Crippen LogP contribution >= 0.6 is 0 Å². The minimum absolute atomic E-state index is 0.155. The van der Waals surface area contributed by atoms with Gasteiger partial charge in [-0.25, -0.2) is 4.98 Å². The molecule has 1 aromatic carbocycles. The van der Waals surface area contributed by atoms with Crippen molar-refractivity contribution in [2.24, 2.45) is 0 Å². The third kappa shape index (κ3) is 4.61. The van der Waals surface area contributed by atoms with E-state index in [-0.39, 0.29) is 12.3 Å². The number of pyridine rings is 2. The van der Waals surface area contributed by atoms with Crippen LogP contribution in [0.2, 0.25) is 0 Å². The first-order chi connectivity index (χ1) is 15.6. The maximum atomic E-state index is 12.5. The predicted molar refractivity (Wildman–Crippen MR) is 119 cm³/mol. The van der Waals surface area contributed by atoms with Gasteiger partial charge in [0.2, 0.25) is 11.8 Å². The molecule has 0 radical (unpaired) electrons. The molecule has 1 N–H and O–H groups in total. The zero-order valence-corrected chi connectivity index (χ0v) is 18.0. The van der Waals surface area contributed by atoms with Crippen LogP contribution in [0.15, 0.2) is 55.1 Å². The number of hydrogen-bond donors (Lipinski definition) is 1. The molecule has 0 bridgehead atoms. The van der Waals surface area contributed by atoms with Crippen LogP contribution in [-0.4, -0.2) is 39.9 Å². The molecular weight excluding hydrogens is 410 g/mol. The van der Waals surface area contributed by atoms with Crippen molar-refractivity contribution >= 4 is 22.5 Å². The summed E-state index contributed by atoms with van der Waals surface area (Å²) in [4.78, 5) is 21.0. The molecule has 3 heterocycles. The Balaban J connectivity index is 1.51. The monoisotopic (exact) mass is 433 g/mol. The van der Waals surface area contributed by atoms with Gasteiger partial charge in [-0.05, 0) is 19.1 Å². The zero-order chi connectivity index (χ0) is 22.5. The second-order valence-electron chi connectivity index (χ2n) is 6.94. The van der Waals surface area contributed by atoms with E-state index >= 15 is 0 Å². The van der Waals surface area contributed by atoms with Crippen LogP contribution in [0.5, 0.6) is 23.1 Å². The van der Waals surface area contributed by atoms with Crippen molar-refractivity contribution in [1.82, 2.24) is 19.7 Å². The van der Waals surface area contributed by atoms with Crippen LogP contribution in [0.1, 0.15) is 12.5 Å². The van der Waals surface area contributed by atoms with Crippen LogP contribution in [0.25, 0.3) is 10.9 Å². The van der Waals surface area contributed by atoms with Crippen molar-refractivity contribution < 1.29 is 19.0 Å². The van der Waals surface area contributed by atoms with Crippen molar-refractivity contribution in [2.45, 2.75) is 19.9 Å². The second kappa shape index (κ2) is 9.34. The highest BCUT2D eigenvalue weighted by Crippen LogP contribution is 2.32. The molecule has 0 saturated carbocycles. The quantitative estimate of drug-likeness (QED) is 0.451. The fourth-order valence-corrected chi connectivity index (χ4v) is 3.24. The first-order valence-electron chi connectivity index (χ1n) is 10.1. The Kier molecular flexibility index (Phi) is 6.16. The van der Waals surface area contributed by atoms with Crippen molar-refractivity contribution in [3.63, 3.8) is 0 Å². The van der Waals surface area contributed by atoms with Crippen LogP contribution in [0, 0.1) is 0 Å². The Hall–Kier alpha value is -4.14. The van der Waals surface area contributed by atoms with Crippen LogP contribution < -0.4 is 19.5 Å². The molecule has 32 heavy (non-hydrogen) atoms. The van der Waals surface area contributed by atoms with Gasteiger partial charge in [-0.1, -0.05) is 6.07 Å². The van der Waals surface area contributed by atoms with Crippen molar-refractivity contribution in [1.29, 1.82) is 0 Å². The normalized spacial score (nSPS) is 10.7. The number of hydrogen-bond acceptors (Lipinski definition) is 7. The molecule has 0 atom stereocenters. The van der Waals surface area contributed by atoms with E-state index in [9.17, 15) is 4.79 Å². The molecule has 0 unspecified atom stereocenters. The molecule has 4 aromatic rings. The van der Waals surface area contributed by atoms with Crippen LogP contribution in [0.3, 0.4) is 0 Å². The largest absolute Gasteiger partial charge is 0.496 e. The molecule has 0 fully saturated rings. The minimum atomic E-state index is -0.159. The molecule has 4 rings (SSSR count). The van der Waals surface area contributed by atoms with Crippen LogP contribution in [-0.2, 0) is 17.8 Å². The van der Waals surface area contributed by atoms with Gasteiger partial charge in [-0.15, -0.1) is 0 Å². The maximum absolute atomic E-state index is 12.5. The molecule has 9 nitrogen and oxygen atoms in total. The summed E-state index contributed by atoms with van der Waals surface area (Å²) in [5.74, 6) is 2.05. The Morgan fingerprint density at radius 1 is 1.06 bits per heavy atom. The average molecular weight is 433 g/mol. The van der Waals surface area contributed by atoms with Gasteiger partial charge in [0.1, 0.15) is 17.2 Å². The Labute approximate surface area is 185 Å². The highest BCUT2D eigenvalue weighted by Gasteiger charge is 2.13. The smallest absolute Gasteiger partial charge is 0.229 e. The summed E-state index contributed by atoms with van der Waals surface area (Å²) >= 11 is 0. The van der Waals surface area contributed by atoms with E-state index in [1.54, 1.807) is 68.0 Å². The van der Waals surface area contributed by atoms with E-state index in [0.717, 1.165) is 17.5 Å². The molecular formula is C23H23N5O4. The summed E-state index contributed by atoms with van der Waals surface area (Å²) in [7, 11) is 3.12. The number of aryl methyl sites for hydroxylation is 1. The highest BCUT2D eigenvalue weighted by atomic mass is 16.5. The second-order valence-corrected chi connectivity index (χ2v) is 6.94. The summed E-state index contributed by atoms with van der Waals surface area (Å²) in [5, 5.41) is 7.76. The zero-order valence-electron chi connectivity index (χ0n) is 18.0. The van der Waals surface area contributed by atoms with Gasteiger partial charge in [0.25, 0.3) is 0 Å². The fraction of sp³-hybridized carbons (Fsp3) is 0.217. The molecule has 0 aliphatic rings. The van der Waals surface area contributed by atoms with Gasteiger partial charge in [-0.3, -0.25) is 14.5 Å². The number of anilines is 1. The molecule has 0 aliphatic carbocycles.